The highest BCUT2D eigenvalue weighted by molar-refractivity contribution is 5.88. The monoisotopic (exact) mass is 514 g/mol. The average molecular weight is 515 g/mol. The molecule has 1 atom stereocenters. The van der Waals surface area contributed by atoms with Crippen molar-refractivity contribution in [3.8, 4) is 33.4 Å². The molecule has 0 aromatic heterocycles. The van der Waals surface area contributed by atoms with Crippen LogP contribution >= 0.6 is 0 Å². The first-order chi connectivity index (χ1) is 19.7. The van der Waals surface area contributed by atoms with Crippen LogP contribution in [0, 0.1) is 0 Å². The minimum atomic E-state index is 0.149. The summed E-state index contributed by atoms with van der Waals surface area (Å²) < 4.78 is 0. The van der Waals surface area contributed by atoms with Crippen molar-refractivity contribution in [1.82, 2.24) is 0 Å². The van der Waals surface area contributed by atoms with Gasteiger partial charge in [-0.15, -0.1) is 0 Å². The van der Waals surface area contributed by atoms with Gasteiger partial charge in [-0.1, -0.05) is 122 Å². The van der Waals surface area contributed by atoms with Crippen molar-refractivity contribution in [3.05, 3.63) is 174 Å². The van der Waals surface area contributed by atoms with E-state index >= 15 is 0 Å². The Kier molecular flexibility index (Phi) is 6.93. The molecule has 0 saturated carbocycles. The van der Waals surface area contributed by atoms with Gasteiger partial charge >= 0.3 is 0 Å². The molecular weight excluding hydrogens is 480 g/mol. The van der Waals surface area contributed by atoms with Crippen LogP contribution in [0.1, 0.15) is 47.6 Å². The van der Waals surface area contributed by atoms with Gasteiger partial charge < -0.3 is 0 Å². The highest BCUT2D eigenvalue weighted by Gasteiger charge is 2.31. The Hall–Kier alpha value is -4.68. The molecule has 0 bridgehead atoms. The highest BCUT2D eigenvalue weighted by Crippen LogP contribution is 2.50. The lowest BCUT2D eigenvalue weighted by molar-refractivity contribution is 1.01. The molecule has 6 rings (SSSR count). The third-order valence-electron chi connectivity index (χ3n) is 8.13. The predicted octanol–water partition coefficient (Wildman–Crippen LogP) is 10.9. The molecule has 0 nitrogen and oxygen atoms in total. The summed E-state index contributed by atoms with van der Waals surface area (Å²) in [6.07, 6.45) is 17.6. The van der Waals surface area contributed by atoms with Crippen LogP contribution in [-0.2, 0) is 6.42 Å². The maximum atomic E-state index is 4.02. The normalized spacial score (nSPS) is 15.7. The van der Waals surface area contributed by atoms with Crippen LogP contribution in [0.15, 0.2) is 146 Å². The van der Waals surface area contributed by atoms with Gasteiger partial charge in [0.15, 0.2) is 0 Å². The van der Waals surface area contributed by atoms with Crippen molar-refractivity contribution >= 4 is 5.57 Å². The fraction of sp³-hybridized carbons (Fsp3) is 0.100. The third-order valence-corrected chi connectivity index (χ3v) is 8.13. The van der Waals surface area contributed by atoms with Gasteiger partial charge in [0.05, 0.1) is 0 Å². The van der Waals surface area contributed by atoms with Crippen LogP contribution in [0.2, 0.25) is 0 Å². The average Bonchev–Trinajstić information content (AvgIpc) is 3.51. The lowest BCUT2D eigenvalue weighted by Crippen LogP contribution is -2.00. The van der Waals surface area contributed by atoms with Gasteiger partial charge in [-0.2, -0.15) is 0 Å². The molecule has 0 saturated heterocycles. The van der Waals surface area contributed by atoms with Gasteiger partial charge in [0.25, 0.3) is 0 Å². The molecule has 0 radical (unpaired) electrons. The Morgan fingerprint density at radius 3 is 2.15 bits per heavy atom. The van der Waals surface area contributed by atoms with Gasteiger partial charge in [-0.05, 0) is 111 Å². The Morgan fingerprint density at radius 1 is 0.650 bits per heavy atom. The van der Waals surface area contributed by atoms with Crippen LogP contribution in [0.4, 0.5) is 0 Å². The fourth-order valence-electron chi connectivity index (χ4n) is 6.41. The van der Waals surface area contributed by atoms with E-state index in [0.717, 1.165) is 12.0 Å². The SMILES string of the molecule is C=C/C=C(\C=C/C)c1ccc2c(c1)C(C(/C=C\C)=C/C=C)c1ccc(-c3ccc4c(c3)-c3ccccc3C4)cc1-2. The molecule has 0 heterocycles. The number of benzene rings is 4. The van der Waals surface area contributed by atoms with E-state index in [-0.39, 0.29) is 5.92 Å². The third kappa shape index (κ3) is 4.36. The Bertz CT molecular complexity index is 1770. The zero-order chi connectivity index (χ0) is 27.6. The number of hydrogen-bond acceptors (Lipinski definition) is 0. The molecule has 2 aliphatic carbocycles. The number of hydrogen-bond donors (Lipinski definition) is 0. The van der Waals surface area contributed by atoms with Crippen LogP contribution in [0.25, 0.3) is 39.0 Å². The van der Waals surface area contributed by atoms with Crippen molar-refractivity contribution in [1.29, 1.82) is 0 Å². The summed E-state index contributed by atoms with van der Waals surface area (Å²) in [5, 5.41) is 0. The minimum Gasteiger partial charge on any atom is -0.0991 e. The molecule has 4 aromatic carbocycles. The molecule has 4 aromatic rings. The van der Waals surface area contributed by atoms with Crippen molar-refractivity contribution in [3.63, 3.8) is 0 Å². The van der Waals surface area contributed by atoms with E-state index < -0.39 is 0 Å². The lowest BCUT2D eigenvalue weighted by Gasteiger charge is -2.17. The molecule has 0 amide bonds. The highest BCUT2D eigenvalue weighted by atomic mass is 14.3. The Labute approximate surface area is 238 Å². The molecule has 0 fully saturated rings. The lowest BCUT2D eigenvalue weighted by atomic mass is 9.86. The molecule has 1 unspecified atom stereocenters. The zero-order valence-electron chi connectivity index (χ0n) is 23.3. The maximum absolute atomic E-state index is 4.02. The van der Waals surface area contributed by atoms with E-state index in [1.165, 1.54) is 66.8 Å². The van der Waals surface area contributed by atoms with E-state index in [2.05, 4.69) is 142 Å². The summed E-state index contributed by atoms with van der Waals surface area (Å²) in [6, 6.07) is 29.7. The number of allylic oxidation sites excluding steroid dienone is 10. The summed E-state index contributed by atoms with van der Waals surface area (Å²) >= 11 is 0. The first-order valence-corrected chi connectivity index (χ1v) is 14.1. The van der Waals surface area contributed by atoms with E-state index in [9.17, 15) is 0 Å². The first kappa shape index (κ1) is 25.6. The second kappa shape index (κ2) is 10.8. The molecular formula is C40H34. The number of fused-ring (bicyclic) bond motifs is 6. The molecule has 40 heavy (non-hydrogen) atoms. The maximum Gasteiger partial charge on any atom is 0.0352 e. The van der Waals surface area contributed by atoms with Crippen LogP contribution < -0.4 is 0 Å². The van der Waals surface area contributed by atoms with Crippen molar-refractivity contribution in [2.24, 2.45) is 0 Å². The molecule has 0 spiro atoms. The fourth-order valence-corrected chi connectivity index (χ4v) is 6.41. The Balaban J connectivity index is 1.51. The minimum absolute atomic E-state index is 0.149. The topological polar surface area (TPSA) is 0 Å². The summed E-state index contributed by atoms with van der Waals surface area (Å²) in [4.78, 5) is 0. The first-order valence-electron chi connectivity index (χ1n) is 14.1. The van der Waals surface area contributed by atoms with Crippen molar-refractivity contribution in [2.45, 2.75) is 26.2 Å². The van der Waals surface area contributed by atoms with Gasteiger partial charge in [-0.25, -0.2) is 0 Å². The summed E-state index contributed by atoms with van der Waals surface area (Å²) in [5.74, 6) is 0.149. The largest absolute Gasteiger partial charge is 0.0991 e. The smallest absolute Gasteiger partial charge is 0.0352 e. The van der Waals surface area contributed by atoms with Gasteiger partial charge in [0, 0.05) is 5.92 Å². The number of rotatable bonds is 7. The van der Waals surface area contributed by atoms with Gasteiger partial charge in [-0.3, -0.25) is 0 Å². The summed E-state index contributed by atoms with van der Waals surface area (Å²) in [5.41, 5.74) is 17.0. The van der Waals surface area contributed by atoms with E-state index in [0.29, 0.717) is 0 Å². The molecule has 0 heteroatoms. The zero-order valence-corrected chi connectivity index (χ0v) is 23.3. The van der Waals surface area contributed by atoms with Gasteiger partial charge in [0.2, 0.25) is 0 Å². The molecule has 0 N–H and O–H groups in total. The Morgan fingerprint density at radius 2 is 1.38 bits per heavy atom. The quantitative estimate of drug-likeness (QED) is 0.189. The van der Waals surface area contributed by atoms with Crippen LogP contribution in [-0.4, -0.2) is 0 Å². The summed E-state index contributed by atoms with van der Waals surface area (Å²) in [7, 11) is 0. The van der Waals surface area contributed by atoms with Crippen molar-refractivity contribution < 1.29 is 0 Å². The van der Waals surface area contributed by atoms with Gasteiger partial charge in [0.1, 0.15) is 0 Å². The van der Waals surface area contributed by atoms with E-state index in [4.69, 9.17) is 0 Å². The standard InChI is InChI=1S/C40H34/c1-5-11-27(12-6-2)29-19-21-35-38-25-31(20-22-36(38)40(39(35)26-29)28(13-7-3)14-8-4)30-17-18-33-23-32-15-9-10-16-34(32)37(33)24-30/h5-22,24-26,40H,1,3,23H2,2,4H3/b12-6-,14-8-,27-11+,28-13+. The second-order valence-electron chi connectivity index (χ2n) is 10.5. The predicted molar refractivity (Wildman–Crippen MR) is 173 cm³/mol. The molecule has 194 valence electrons. The summed E-state index contributed by atoms with van der Waals surface area (Å²) in [6.45, 7) is 12.1. The van der Waals surface area contributed by atoms with Crippen molar-refractivity contribution in [2.75, 3.05) is 0 Å². The van der Waals surface area contributed by atoms with Crippen LogP contribution in [0.5, 0.6) is 0 Å². The van der Waals surface area contributed by atoms with E-state index in [1.54, 1.807) is 0 Å². The van der Waals surface area contributed by atoms with Crippen LogP contribution in [0.3, 0.4) is 0 Å². The van der Waals surface area contributed by atoms with E-state index in [1.807, 2.05) is 12.2 Å². The second-order valence-corrected chi connectivity index (χ2v) is 10.5. The molecule has 2 aliphatic rings. The molecule has 0 aliphatic heterocycles.